The van der Waals surface area contributed by atoms with E-state index in [1.54, 1.807) is 10.3 Å². The van der Waals surface area contributed by atoms with Gasteiger partial charge in [-0.1, -0.05) is 26.0 Å². The zero-order valence-corrected chi connectivity index (χ0v) is 19.2. The van der Waals surface area contributed by atoms with E-state index in [2.05, 4.69) is 24.1 Å². The molecule has 32 heavy (non-hydrogen) atoms. The topological polar surface area (TPSA) is 62.3 Å². The Morgan fingerprint density at radius 1 is 1.16 bits per heavy atom. The molecule has 1 N–H and O–H groups in total. The van der Waals surface area contributed by atoms with Gasteiger partial charge >= 0.3 is 6.18 Å². The number of carbonyl (C=O) groups excluding carboxylic acids is 2. The first-order valence-corrected chi connectivity index (χ1v) is 11.6. The number of nitrogens with zero attached hydrogens (tertiary/aromatic N) is 2. The zero-order valence-electron chi connectivity index (χ0n) is 18.4. The van der Waals surface area contributed by atoms with Gasteiger partial charge in [0, 0.05) is 36.0 Å². The fourth-order valence-corrected chi connectivity index (χ4v) is 4.32. The van der Waals surface area contributed by atoms with Crippen LogP contribution < -0.4 is 5.32 Å². The van der Waals surface area contributed by atoms with Gasteiger partial charge in [0.05, 0.1) is 17.7 Å². The van der Waals surface area contributed by atoms with E-state index in [0.29, 0.717) is 48.1 Å². The number of piperidine rings is 1. The number of thiazole rings is 1. The van der Waals surface area contributed by atoms with Gasteiger partial charge in [0.2, 0.25) is 11.8 Å². The van der Waals surface area contributed by atoms with Gasteiger partial charge in [-0.25, -0.2) is 4.98 Å². The number of amides is 2. The predicted molar refractivity (Wildman–Crippen MR) is 118 cm³/mol. The van der Waals surface area contributed by atoms with Gasteiger partial charge in [-0.15, -0.1) is 11.3 Å². The van der Waals surface area contributed by atoms with E-state index in [-0.39, 0.29) is 30.2 Å². The molecule has 1 saturated heterocycles. The molecule has 5 nitrogen and oxygen atoms in total. The summed E-state index contributed by atoms with van der Waals surface area (Å²) in [5.41, 5.74) is 0.480. The first kappa shape index (κ1) is 24.2. The van der Waals surface area contributed by atoms with Crippen molar-refractivity contribution in [3.63, 3.8) is 0 Å². The first-order valence-electron chi connectivity index (χ1n) is 10.7. The van der Waals surface area contributed by atoms with E-state index in [1.807, 2.05) is 6.92 Å². The van der Waals surface area contributed by atoms with Gasteiger partial charge < -0.3 is 10.2 Å². The fourth-order valence-electron chi connectivity index (χ4n) is 3.49. The Hall–Kier alpha value is -2.42. The molecule has 1 aliphatic rings. The minimum atomic E-state index is -4.38. The Morgan fingerprint density at radius 3 is 2.34 bits per heavy atom. The summed E-state index contributed by atoms with van der Waals surface area (Å²) in [5.74, 6) is 0.291. The lowest BCUT2D eigenvalue weighted by atomic mass is 9.94. The molecule has 0 saturated carbocycles. The molecular formula is C23H28F3N3O2S. The highest BCUT2D eigenvalue weighted by molar-refractivity contribution is 7.13. The Kier molecular flexibility index (Phi) is 7.59. The second kappa shape index (κ2) is 10.0. The largest absolute Gasteiger partial charge is 0.416 e. The van der Waals surface area contributed by atoms with Gasteiger partial charge in [0.25, 0.3) is 0 Å². The van der Waals surface area contributed by atoms with Crippen LogP contribution in [0.5, 0.6) is 0 Å². The molecule has 1 atom stereocenters. The maximum Gasteiger partial charge on any atom is 0.416 e. The van der Waals surface area contributed by atoms with Crippen LogP contribution in [0.15, 0.2) is 29.6 Å². The molecule has 1 aromatic carbocycles. The van der Waals surface area contributed by atoms with Crippen LogP contribution in [0, 0.1) is 11.8 Å². The third kappa shape index (κ3) is 6.09. The Balaban J connectivity index is 1.52. The van der Waals surface area contributed by atoms with Crippen molar-refractivity contribution in [3.8, 4) is 10.6 Å². The lowest BCUT2D eigenvalue weighted by Gasteiger charge is -2.32. The molecule has 1 fully saturated rings. The number of benzene rings is 1. The molecule has 3 rings (SSSR count). The molecule has 1 aromatic heterocycles. The molecule has 0 aliphatic carbocycles. The van der Waals surface area contributed by atoms with Crippen LogP contribution >= 0.6 is 11.3 Å². The Bertz CT molecular complexity index is 933. The molecule has 174 valence electrons. The zero-order chi connectivity index (χ0) is 23.5. The molecule has 2 amide bonds. The second-order valence-electron chi connectivity index (χ2n) is 8.59. The summed E-state index contributed by atoms with van der Waals surface area (Å²) in [7, 11) is 0. The number of hydrogen-bond acceptors (Lipinski definition) is 4. The Morgan fingerprint density at radius 2 is 1.78 bits per heavy atom. The molecular weight excluding hydrogens is 439 g/mol. The monoisotopic (exact) mass is 467 g/mol. The van der Waals surface area contributed by atoms with Crippen LogP contribution in [0.1, 0.15) is 44.9 Å². The standard InChI is InChI=1S/C23H28F3N3O2S/c1-14(2)15(3)27-21(31)16-8-10-29(11-9-16)20(30)12-19-13-32-22(28-19)17-4-6-18(7-5-17)23(24,25)26/h4-7,13-16H,8-12H2,1-3H3,(H,27,31). The number of alkyl halides is 3. The molecule has 0 radical (unpaired) electrons. The highest BCUT2D eigenvalue weighted by Gasteiger charge is 2.30. The van der Waals surface area contributed by atoms with Crippen molar-refractivity contribution in [3.05, 3.63) is 40.9 Å². The average Bonchev–Trinajstić information content (AvgIpc) is 3.21. The minimum Gasteiger partial charge on any atom is -0.353 e. The van der Waals surface area contributed by atoms with E-state index >= 15 is 0 Å². The van der Waals surface area contributed by atoms with E-state index in [4.69, 9.17) is 0 Å². The van der Waals surface area contributed by atoms with Crippen LogP contribution in [-0.4, -0.2) is 40.8 Å². The van der Waals surface area contributed by atoms with Crippen LogP contribution in [0.3, 0.4) is 0 Å². The van der Waals surface area contributed by atoms with Gasteiger partial charge in [-0.2, -0.15) is 13.2 Å². The first-order chi connectivity index (χ1) is 15.0. The quantitative estimate of drug-likeness (QED) is 0.666. The smallest absolute Gasteiger partial charge is 0.353 e. The highest BCUT2D eigenvalue weighted by Crippen LogP contribution is 2.32. The summed E-state index contributed by atoms with van der Waals surface area (Å²) in [4.78, 5) is 31.3. The summed E-state index contributed by atoms with van der Waals surface area (Å²) in [6.45, 7) is 7.18. The maximum atomic E-state index is 12.7. The molecule has 1 unspecified atom stereocenters. The third-order valence-electron chi connectivity index (χ3n) is 5.93. The fraction of sp³-hybridized carbons (Fsp3) is 0.522. The van der Waals surface area contributed by atoms with Crippen molar-refractivity contribution in [1.82, 2.24) is 15.2 Å². The van der Waals surface area contributed by atoms with Gasteiger partial charge in [0.15, 0.2) is 0 Å². The van der Waals surface area contributed by atoms with Gasteiger partial charge in [-0.3, -0.25) is 9.59 Å². The van der Waals surface area contributed by atoms with Crippen LogP contribution in [-0.2, 0) is 22.2 Å². The number of likely N-dealkylation sites (tertiary alicyclic amines) is 1. The molecule has 9 heteroatoms. The van der Waals surface area contributed by atoms with E-state index in [1.165, 1.54) is 23.5 Å². The lowest BCUT2D eigenvalue weighted by molar-refractivity contribution is -0.137. The summed E-state index contributed by atoms with van der Waals surface area (Å²) in [6.07, 6.45) is -2.97. The van der Waals surface area contributed by atoms with Gasteiger partial charge in [0.1, 0.15) is 5.01 Å². The maximum absolute atomic E-state index is 12.7. The van der Waals surface area contributed by atoms with E-state index in [0.717, 1.165) is 12.1 Å². The number of rotatable bonds is 6. The van der Waals surface area contributed by atoms with Crippen molar-refractivity contribution < 1.29 is 22.8 Å². The minimum absolute atomic E-state index is 0.0522. The van der Waals surface area contributed by atoms with Gasteiger partial charge in [-0.05, 0) is 37.8 Å². The summed E-state index contributed by atoms with van der Waals surface area (Å²) >= 11 is 1.30. The molecule has 0 spiro atoms. The molecule has 0 bridgehead atoms. The molecule has 2 aromatic rings. The number of carbonyl (C=O) groups is 2. The third-order valence-corrected chi connectivity index (χ3v) is 6.87. The van der Waals surface area contributed by atoms with Crippen LogP contribution in [0.4, 0.5) is 13.2 Å². The lowest BCUT2D eigenvalue weighted by Crippen LogP contribution is -2.46. The van der Waals surface area contributed by atoms with Crippen LogP contribution in [0.25, 0.3) is 10.6 Å². The summed E-state index contributed by atoms with van der Waals surface area (Å²) in [5, 5.41) is 5.39. The normalized spacial score (nSPS) is 16.3. The van der Waals surface area contributed by atoms with Crippen LogP contribution in [0.2, 0.25) is 0 Å². The predicted octanol–water partition coefficient (Wildman–Crippen LogP) is 4.77. The van der Waals surface area contributed by atoms with Crippen molar-refractivity contribution in [2.24, 2.45) is 11.8 Å². The molecule has 2 heterocycles. The number of hydrogen-bond donors (Lipinski definition) is 1. The van der Waals surface area contributed by atoms with Crippen molar-refractivity contribution in [2.75, 3.05) is 13.1 Å². The molecule has 1 aliphatic heterocycles. The SMILES string of the molecule is CC(C)C(C)NC(=O)C1CCN(C(=O)Cc2csc(-c3ccc(C(F)(F)F)cc3)n2)CC1. The number of aromatic nitrogens is 1. The van der Waals surface area contributed by atoms with E-state index < -0.39 is 11.7 Å². The summed E-state index contributed by atoms with van der Waals surface area (Å²) in [6, 6.07) is 4.96. The van der Waals surface area contributed by atoms with Crippen molar-refractivity contribution in [1.29, 1.82) is 0 Å². The number of halogens is 3. The average molecular weight is 468 g/mol. The van der Waals surface area contributed by atoms with Crippen molar-refractivity contribution in [2.45, 2.75) is 52.3 Å². The van der Waals surface area contributed by atoms with E-state index in [9.17, 15) is 22.8 Å². The second-order valence-corrected chi connectivity index (χ2v) is 9.45. The highest BCUT2D eigenvalue weighted by atomic mass is 32.1. The Labute approximate surface area is 190 Å². The summed E-state index contributed by atoms with van der Waals surface area (Å²) < 4.78 is 38.2. The number of nitrogens with one attached hydrogen (secondary N) is 1. The van der Waals surface area contributed by atoms with Crippen molar-refractivity contribution >= 4 is 23.2 Å².